The highest BCUT2D eigenvalue weighted by atomic mass is 19.3. The highest BCUT2D eigenvalue weighted by Gasteiger charge is 2.27. The molecule has 1 aromatic heterocycles. The van der Waals surface area contributed by atoms with Crippen LogP contribution in [0.5, 0.6) is 0 Å². The molecular formula is C16H17F2N3O. The van der Waals surface area contributed by atoms with E-state index in [1.807, 2.05) is 18.2 Å². The van der Waals surface area contributed by atoms with Gasteiger partial charge in [0.25, 0.3) is 12.3 Å². The van der Waals surface area contributed by atoms with Crippen molar-refractivity contribution in [2.75, 3.05) is 5.32 Å². The van der Waals surface area contributed by atoms with Crippen LogP contribution in [-0.4, -0.2) is 15.7 Å². The normalized spacial score (nSPS) is 13.5. The molecule has 1 heterocycles. The van der Waals surface area contributed by atoms with E-state index in [1.165, 1.54) is 10.2 Å². The van der Waals surface area contributed by atoms with Gasteiger partial charge in [0.15, 0.2) is 0 Å². The Morgan fingerprint density at radius 1 is 1.36 bits per heavy atom. The Balaban J connectivity index is 1.95. The van der Waals surface area contributed by atoms with Gasteiger partial charge in [0.1, 0.15) is 5.69 Å². The number of carbonyl (C=O) groups excluding carboxylic acids is 1. The largest absolute Gasteiger partial charge is 0.322 e. The molecule has 0 saturated heterocycles. The fourth-order valence-electron chi connectivity index (χ4n) is 2.99. The Kier molecular flexibility index (Phi) is 3.68. The van der Waals surface area contributed by atoms with E-state index in [4.69, 9.17) is 0 Å². The lowest BCUT2D eigenvalue weighted by Crippen LogP contribution is -2.16. The number of carbonyl (C=O) groups is 1. The quantitative estimate of drug-likeness (QED) is 0.944. The number of amides is 1. The van der Waals surface area contributed by atoms with Gasteiger partial charge < -0.3 is 5.32 Å². The molecule has 0 atom stereocenters. The minimum atomic E-state index is -2.78. The van der Waals surface area contributed by atoms with Crippen LogP contribution in [0.15, 0.2) is 18.2 Å². The molecule has 0 saturated carbocycles. The fourth-order valence-corrected chi connectivity index (χ4v) is 2.99. The smallest absolute Gasteiger partial charge is 0.282 e. The molecule has 1 amide bonds. The van der Waals surface area contributed by atoms with Gasteiger partial charge in [0.2, 0.25) is 0 Å². The molecule has 1 aliphatic carbocycles. The van der Waals surface area contributed by atoms with Crippen molar-refractivity contribution in [3.05, 3.63) is 46.3 Å². The molecule has 1 aromatic carbocycles. The number of alkyl halides is 2. The summed E-state index contributed by atoms with van der Waals surface area (Å²) in [5.41, 5.74) is 2.97. The second-order valence-corrected chi connectivity index (χ2v) is 5.52. The molecule has 1 N–H and O–H groups in total. The number of halogens is 2. The SMILES string of the molecule is Cc1c(C(=O)Nc2cccc3c2CCC3)c(C(F)F)nn1C. The molecular weight excluding hydrogens is 288 g/mol. The Hall–Kier alpha value is -2.24. The zero-order chi connectivity index (χ0) is 15.9. The van der Waals surface area contributed by atoms with Gasteiger partial charge in [-0.25, -0.2) is 8.78 Å². The second-order valence-electron chi connectivity index (χ2n) is 5.52. The Bertz CT molecular complexity index is 737. The molecule has 0 bridgehead atoms. The molecule has 116 valence electrons. The first-order valence-corrected chi connectivity index (χ1v) is 7.22. The molecule has 0 unspecified atom stereocenters. The second kappa shape index (κ2) is 5.51. The average Bonchev–Trinajstić information content (AvgIpc) is 3.05. The van der Waals surface area contributed by atoms with E-state index < -0.39 is 18.0 Å². The molecule has 22 heavy (non-hydrogen) atoms. The van der Waals surface area contributed by atoms with Crippen LogP contribution in [0.1, 0.15) is 45.7 Å². The lowest BCUT2D eigenvalue weighted by atomic mass is 10.1. The van der Waals surface area contributed by atoms with Crippen molar-refractivity contribution in [1.82, 2.24) is 9.78 Å². The number of fused-ring (bicyclic) bond motifs is 1. The number of hydrogen-bond donors (Lipinski definition) is 1. The Labute approximate surface area is 127 Å². The van der Waals surface area contributed by atoms with Gasteiger partial charge in [-0.2, -0.15) is 5.10 Å². The first kappa shape index (κ1) is 14.7. The number of anilines is 1. The van der Waals surface area contributed by atoms with Crippen molar-refractivity contribution in [3.63, 3.8) is 0 Å². The van der Waals surface area contributed by atoms with E-state index in [-0.39, 0.29) is 5.56 Å². The van der Waals surface area contributed by atoms with Crippen molar-refractivity contribution < 1.29 is 13.6 Å². The number of benzene rings is 1. The summed E-state index contributed by atoms with van der Waals surface area (Å²) < 4.78 is 27.5. The van der Waals surface area contributed by atoms with Crippen LogP contribution in [0.4, 0.5) is 14.5 Å². The summed E-state index contributed by atoms with van der Waals surface area (Å²) >= 11 is 0. The molecule has 2 aromatic rings. The molecule has 0 aliphatic heterocycles. The third kappa shape index (κ3) is 2.38. The van der Waals surface area contributed by atoms with Gasteiger partial charge in [-0.05, 0) is 43.4 Å². The molecule has 6 heteroatoms. The summed E-state index contributed by atoms with van der Waals surface area (Å²) in [6, 6.07) is 5.73. The van der Waals surface area contributed by atoms with Crippen molar-refractivity contribution in [2.45, 2.75) is 32.6 Å². The first-order chi connectivity index (χ1) is 10.5. The summed E-state index contributed by atoms with van der Waals surface area (Å²) in [7, 11) is 1.55. The van der Waals surface area contributed by atoms with Crippen molar-refractivity contribution in [1.29, 1.82) is 0 Å². The summed E-state index contributed by atoms with van der Waals surface area (Å²) in [6.45, 7) is 1.61. The van der Waals surface area contributed by atoms with Gasteiger partial charge in [-0.15, -0.1) is 0 Å². The van der Waals surface area contributed by atoms with E-state index >= 15 is 0 Å². The van der Waals surface area contributed by atoms with Crippen molar-refractivity contribution in [2.24, 2.45) is 7.05 Å². The van der Waals surface area contributed by atoms with Crippen LogP contribution in [0.2, 0.25) is 0 Å². The summed E-state index contributed by atoms with van der Waals surface area (Å²) in [6.07, 6.45) is 0.172. The molecule has 0 spiro atoms. The van der Waals surface area contributed by atoms with E-state index in [1.54, 1.807) is 14.0 Å². The van der Waals surface area contributed by atoms with Gasteiger partial charge >= 0.3 is 0 Å². The van der Waals surface area contributed by atoms with Crippen molar-refractivity contribution >= 4 is 11.6 Å². The minimum Gasteiger partial charge on any atom is -0.322 e. The predicted molar refractivity (Wildman–Crippen MR) is 79.3 cm³/mol. The number of nitrogens with one attached hydrogen (secondary N) is 1. The minimum absolute atomic E-state index is 0.0342. The number of aryl methyl sites for hydroxylation is 2. The average molecular weight is 305 g/mol. The van der Waals surface area contributed by atoms with Crippen LogP contribution in [0, 0.1) is 6.92 Å². The first-order valence-electron chi connectivity index (χ1n) is 7.22. The van der Waals surface area contributed by atoms with E-state index in [0.29, 0.717) is 11.4 Å². The maximum Gasteiger partial charge on any atom is 0.282 e. The topological polar surface area (TPSA) is 46.9 Å². The third-order valence-corrected chi connectivity index (χ3v) is 4.19. The zero-order valence-corrected chi connectivity index (χ0v) is 12.5. The maximum absolute atomic E-state index is 13.1. The van der Waals surface area contributed by atoms with Gasteiger partial charge in [0, 0.05) is 18.4 Å². The highest BCUT2D eigenvalue weighted by molar-refractivity contribution is 6.06. The molecule has 1 aliphatic rings. The zero-order valence-electron chi connectivity index (χ0n) is 12.5. The Morgan fingerprint density at radius 2 is 2.14 bits per heavy atom. The van der Waals surface area contributed by atoms with Gasteiger partial charge in [-0.1, -0.05) is 12.1 Å². The fraction of sp³-hybridized carbons (Fsp3) is 0.375. The van der Waals surface area contributed by atoms with Gasteiger partial charge in [-0.3, -0.25) is 9.48 Å². The number of rotatable bonds is 3. The number of hydrogen-bond acceptors (Lipinski definition) is 2. The lowest BCUT2D eigenvalue weighted by molar-refractivity contribution is 0.101. The Morgan fingerprint density at radius 3 is 2.86 bits per heavy atom. The number of nitrogens with zero attached hydrogens (tertiary/aromatic N) is 2. The molecule has 4 nitrogen and oxygen atoms in total. The van der Waals surface area contributed by atoms with E-state index in [0.717, 1.165) is 24.8 Å². The van der Waals surface area contributed by atoms with Crippen LogP contribution in [0.25, 0.3) is 0 Å². The monoisotopic (exact) mass is 305 g/mol. The van der Waals surface area contributed by atoms with Gasteiger partial charge in [0.05, 0.1) is 5.56 Å². The number of aromatic nitrogens is 2. The standard InChI is InChI=1S/C16H17F2N3O/c1-9-13(14(15(17)18)20-21(9)2)16(22)19-12-8-4-6-10-5-3-7-11(10)12/h4,6,8,15H,3,5,7H2,1-2H3,(H,19,22). The van der Waals surface area contributed by atoms with Crippen molar-refractivity contribution in [3.8, 4) is 0 Å². The molecule has 0 fully saturated rings. The summed E-state index contributed by atoms with van der Waals surface area (Å²) in [4.78, 5) is 12.5. The van der Waals surface area contributed by atoms with Crippen LogP contribution in [-0.2, 0) is 19.9 Å². The molecule has 3 rings (SSSR count). The highest BCUT2D eigenvalue weighted by Crippen LogP contribution is 2.30. The van der Waals surface area contributed by atoms with E-state index in [2.05, 4.69) is 10.4 Å². The lowest BCUT2D eigenvalue weighted by Gasteiger charge is -2.11. The van der Waals surface area contributed by atoms with Crippen LogP contribution >= 0.6 is 0 Å². The third-order valence-electron chi connectivity index (χ3n) is 4.19. The summed E-state index contributed by atoms with van der Waals surface area (Å²) in [5.74, 6) is -0.527. The van der Waals surface area contributed by atoms with Crippen LogP contribution < -0.4 is 5.32 Å². The summed E-state index contributed by atoms with van der Waals surface area (Å²) in [5, 5.41) is 6.53. The van der Waals surface area contributed by atoms with Crippen LogP contribution in [0.3, 0.4) is 0 Å². The predicted octanol–water partition coefficient (Wildman–Crippen LogP) is 3.41. The maximum atomic E-state index is 13.1. The van der Waals surface area contributed by atoms with E-state index in [9.17, 15) is 13.6 Å². The molecule has 0 radical (unpaired) electrons.